The number of nitrogens with zero attached hydrogens (tertiary/aromatic N) is 3. The molecule has 0 aliphatic carbocycles. The van der Waals surface area contributed by atoms with Crippen LogP contribution in [0.4, 0.5) is 20.6 Å². The van der Waals surface area contributed by atoms with Crippen molar-refractivity contribution in [2.45, 2.75) is 25.8 Å². The number of aryl methyl sites for hydroxylation is 1. The maximum atomic E-state index is 13.0. The summed E-state index contributed by atoms with van der Waals surface area (Å²) in [5.74, 6) is -0.817. The predicted octanol–water partition coefficient (Wildman–Crippen LogP) is 5.26. The van der Waals surface area contributed by atoms with E-state index in [4.69, 9.17) is 11.6 Å². The number of hydrogen-bond donors (Lipinski definition) is 2. The van der Waals surface area contributed by atoms with Crippen LogP contribution in [0.2, 0.25) is 5.02 Å². The lowest BCUT2D eigenvalue weighted by Gasteiger charge is -2.23. The number of anilines is 2. The summed E-state index contributed by atoms with van der Waals surface area (Å²) in [6, 6.07) is 10.3. The Balaban J connectivity index is 1.44. The van der Waals surface area contributed by atoms with Gasteiger partial charge >= 0.3 is 6.03 Å². The molecule has 0 spiro atoms. The van der Waals surface area contributed by atoms with Gasteiger partial charge in [0.2, 0.25) is 5.01 Å². The number of benzene rings is 2. The van der Waals surface area contributed by atoms with Gasteiger partial charge in [-0.2, -0.15) is 0 Å². The highest BCUT2D eigenvalue weighted by Crippen LogP contribution is 2.34. The van der Waals surface area contributed by atoms with E-state index in [-0.39, 0.29) is 22.9 Å². The van der Waals surface area contributed by atoms with Crippen LogP contribution in [0.15, 0.2) is 42.5 Å². The number of amides is 3. The van der Waals surface area contributed by atoms with Gasteiger partial charge in [-0.05, 0) is 61.7 Å². The topological polar surface area (TPSA) is 87.2 Å². The number of rotatable bonds is 4. The summed E-state index contributed by atoms with van der Waals surface area (Å²) in [5.41, 5.74) is 2.00. The fourth-order valence-corrected chi connectivity index (χ4v) is 4.38. The van der Waals surface area contributed by atoms with Crippen molar-refractivity contribution in [1.82, 2.24) is 15.1 Å². The second-order valence-corrected chi connectivity index (χ2v) is 8.57. The fourth-order valence-electron chi connectivity index (χ4n) is 3.31. The van der Waals surface area contributed by atoms with E-state index in [0.717, 1.165) is 29.7 Å². The molecule has 2 heterocycles. The van der Waals surface area contributed by atoms with Crippen molar-refractivity contribution in [3.8, 4) is 0 Å². The molecular formula is C21H19ClFN5O2S. The molecule has 1 atom stereocenters. The smallest absolute Gasteiger partial charge is 0.320 e. The molecule has 1 saturated heterocycles. The van der Waals surface area contributed by atoms with Crippen LogP contribution in [0.5, 0.6) is 0 Å². The lowest BCUT2D eigenvalue weighted by Crippen LogP contribution is -2.34. The van der Waals surface area contributed by atoms with Crippen molar-refractivity contribution >= 4 is 46.3 Å². The third kappa shape index (κ3) is 4.83. The van der Waals surface area contributed by atoms with E-state index >= 15 is 0 Å². The number of likely N-dealkylation sites (tertiary alicyclic amines) is 1. The number of halogens is 2. The number of nitrogens with one attached hydrogen (secondary N) is 2. The molecule has 1 aliphatic heterocycles. The van der Waals surface area contributed by atoms with Gasteiger partial charge in [0.25, 0.3) is 5.91 Å². The van der Waals surface area contributed by atoms with E-state index < -0.39 is 5.91 Å². The summed E-state index contributed by atoms with van der Waals surface area (Å²) in [5, 5.41) is 15.0. The molecule has 2 aromatic carbocycles. The first-order chi connectivity index (χ1) is 14.9. The minimum absolute atomic E-state index is 0.178. The second-order valence-electron chi connectivity index (χ2n) is 7.15. The quantitative estimate of drug-likeness (QED) is 0.557. The Labute approximate surface area is 187 Å². The zero-order valence-corrected chi connectivity index (χ0v) is 18.1. The molecule has 10 heteroatoms. The van der Waals surface area contributed by atoms with Gasteiger partial charge in [-0.25, -0.2) is 9.18 Å². The average molecular weight is 460 g/mol. The molecule has 7 nitrogen and oxygen atoms in total. The van der Waals surface area contributed by atoms with Gasteiger partial charge < -0.3 is 15.5 Å². The first kappa shape index (κ1) is 21.2. The second kappa shape index (κ2) is 8.99. The monoisotopic (exact) mass is 459 g/mol. The summed E-state index contributed by atoms with van der Waals surface area (Å²) in [4.78, 5) is 27.0. The van der Waals surface area contributed by atoms with Crippen molar-refractivity contribution in [3.63, 3.8) is 0 Å². The minimum Gasteiger partial charge on any atom is -0.320 e. The van der Waals surface area contributed by atoms with E-state index in [1.165, 1.54) is 24.3 Å². The number of aromatic nitrogens is 2. The van der Waals surface area contributed by atoms with Crippen LogP contribution in [-0.2, 0) is 0 Å². The zero-order chi connectivity index (χ0) is 22.0. The molecular weight excluding hydrogens is 441 g/mol. The third-order valence-electron chi connectivity index (χ3n) is 4.96. The van der Waals surface area contributed by atoms with Crippen LogP contribution in [-0.4, -0.2) is 33.6 Å². The van der Waals surface area contributed by atoms with E-state index in [1.54, 1.807) is 17.0 Å². The highest BCUT2D eigenvalue weighted by Gasteiger charge is 2.33. The van der Waals surface area contributed by atoms with Crippen molar-refractivity contribution in [1.29, 1.82) is 0 Å². The Morgan fingerprint density at radius 3 is 2.61 bits per heavy atom. The zero-order valence-electron chi connectivity index (χ0n) is 16.6. The third-order valence-corrected chi connectivity index (χ3v) is 6.39. The first-order valence-electron chi connectivity index (χ1n) is 9.65. The summed E-state index contributed by atoms with van der Waals surface area (Å²) in [6.45, 7) is 2.47. The van der Waals surface area contributed by atoms with Crippen molar-refractivity contribution in [2.24, 2.45) is 0 Å². The molecule has 0 bridgehead atoms. The Morgan fingerprint density at radius 1 is 1.13 bits per heavy atom. The molecule has 0 unspecified atom stereocenters. The Morgan fingerprint density at radius 2 is 1.87 bits per heavy atom. The largest absolute Gasteiger partial charge is 0.322 e. The van der Waals surface area contributed by atoms with Gasteiger partial charge in [0.1, 0.15) is 10.8 Å². The molecule has 3 amide bonds. The maximum Gasteiger partial charge on any atom is 0.322 e. The van der Waals surface area contributed by atoms with Gasteiger partial charge in [0.05, 0.1) is 6.04 Å². The van der Waals surface area contributed by atoms with Crippen molar-refractivity contribution < 1.29 is 14.0 Å². The van der Waals surface area contributed by atoms with Crippen LogP contribution < -0.4 is 10.6 Å². The van der Waals surface area contributed by atoms with Crippen LogP contribution in [0.25, 0.3) is 0 Å². The SMILES string of the molecule is Cc1ccc(NC(=O)N2CCC[C@@H]2c2nnc(C(=O)Nc3ccc(F)cc3)s2)cc1Cl. The number of carbonyl (C=O) groups is 2. The van der Waals surface area contributed by atoms with Crippen molar-refractivity contribution in [2.75, 3.05) is 17.2 Å². The maximum absolute atomic E-state index is 13.0. The van der Waals surface area contributed by atoms with E-state index in [2.05, 4.69) is 20.8 Å². The lowest BCUT2D eigenvalue weighted by atomic mass is 10.2. The predicted molar refractivity (Wildman–Crippen MR) is 118 cm³/mol. The Bertz CT molecular complexity index is 1120. The van der Waals surface area contributed by atoms with Crippen LogP contribution in [0, 0.1) is 12.7 Å². The molecule has 1 fully saturated rings. The number of urea groups is 1. The standard InChI is InChI=1S/C21H19ClFN5O2S/c1-12-4-7-15(11-16(12)22)25-21(30)28-10-2-3-17(28)19-26-27-20(31-19)18(29)24-14-8-5-13(23)6-9-14/h4-9,11,17H,2-3,10H2,1H3,(H,24,29)(H,25,30)/t17-/m1/s1. The molecule has 31 heavy (non-hydrogen) atoms. The fraction of sp³-hybridized carbons (Fsp3) is 0.238. The summed E-state index contributed by atoms with van der Waals surface area (Å²) < 4.78 is 13.0. The van der Waals surface area contributed by atoms with Crippen molar-refractivity contribution in [3.05, 3.63) is 68.9 Å². The van der Waals surface area contributed by atoms with Crippen LogP contribution >= 0.6 is 22.9 Å². The number of hydrogen-bond acceptors (Lipinski definition) is 5. The van der Waals surface area contributed by atoms with E-state index in [9.17, 15) is 14.0 Å². The average Bonchev–Trinajstić information content (AvgIpc) is 3.42. The summed E-state index contributed by atoms with van der Waals surface area (Å²) in [6.07, 6.45) is 1.56. The highest BCUT2D eigenvalue weighted by atomic mass is 35.5. The molecule has 0 saturated carbocycles. The number of carbonyl (C=O) groups excluding carboxylic acids is 2. The summed E-state index contributed by atoms with van der Waals surface area (Å²) in [7, 11) is 0. The minimum atomic E-state index is -0.432. The van der Waals surface area contributed by atoms with Gasteiger partial charge in [-0.1, -0.05) is 29.0 Å². The molecule has 0 radical (unpaired) electrons. The Hall–Kier alpha value is -3.04. The van der Waals surface area contributed by atoms with Gasteiger partial charge in [-0.15, -0.1) is 10.2 Å². The molecule has 3 aromatic rings. The lowest BCUT2D eigenvalue weighted by molar-refractivity contribution is 0.102. The molecule has 160 valence electrons. The molecule has 2 N–H and O–H groups in total. The molecule has 1 aliphatic rings. The Kier molecular flexibility index (Phi) is 6.15. The van der Waals surface area contributed by atoms with E-state index in [0.29, 0.717) is 27.9 Å². The summed E-state index contributed by atoms with van der Waals surface area (Å²) >= 11 is 7.28. The van der Waals surface area contributed by atoms with Gasteiger partial charge in [-0.3, -0.25) is 4.79 Å². The normalized spacial score (nSPS) is 15.7. The molecule has 1 aromatic heterocycles. The molecule has 4 rings (SSSR count). The van der Waals surface area contributed by atoms with E-state index in [1.807, 2.05) is 13.0 Å². The van der Waals surface area contributed by atoms with Gasteiger partial charge in [0, 0.05) is 22.9 Å². The van der Waals surface area contributed by atoms with Crippen LogP contribution in [0.1, 0.15) is 39.3 Å². The van der Waals surface area contributed by atoms with Crippen LogP contribution in [0.3, 0.4) is 0 Å². The first-order valence-corrected chi connectivity index (χ1v) is 10.8. The van der Waals surface area contributed by atoms with Gasteiger partial charge in [0.15, 0.2) is 0 Å². The highest BCUT2D eigenvalue weighted by molar-refractivity contribution is 7.13.